The van der Waals surface area contributed by atoms with Crippen LogP contribution in [-0.4, -0.2) is 36.0 Å². The number of carboxylic acid groups (broad SMARTS) is 1. The van der Waals surface area contributed by atoms with Gasteiger partial charge in [0.15, 0.2) is 0 Å². The van der Waals surface area contributed by atoms with Gasteiger partial charge < -0.3 is 14.6 Å². The van der Waals surface area contributed by atoms with E-state index in [2.05, 4.69) is 37.8 Å². The number of allylic oxidation sites excluding steroid dienone is 2. The summed E-state index contributed by atoms with van der Waals surface area (Å²) >= 11 is 0. The smallest absolute Gasteiger partial charge is 0.303 e. The number of unbranched alkanes of at least 4 members (excludes halogenated alkanes) is 2. The number of fused-ring (bicyclic) bond motifs is 2. The summed E-state index contributed by atoms with van der Waals surface area (Å²) in [6.45, 7) is 4.79. The summed E-state index contributed by atoms with van der Waals surface area (Å²) in [7, 11) is 0. The predicted molar refractivity (Wildman–Crippen MR) is 98.2 cm³/mol. The van der Waals surface area contributed by atoms with Crippen molar-refractivity contribution in [2.45, 2.75) is 83.5 Å². The van der Waals surface area contributed by atoms with Crippen molar-refractivity contribution in [3.63, 3.8) is 0 Å². The summed E-state index contributed by atoms with van der Waals surface area (Å²) in [6.07, 6.45) is 12.3. The van der Waals surface area contributed by atoms with E-state index < -0.39 is 5.97 Å². The van der Waals surface area contributed by atoms with Gasteiger partial charge in [0.1, 0.15) is 6.61 Å². The number of ether oxygens (including phenoxy) is 2. The molecule has 2 heterocycles. The fraction of sp³-hybridized carbons (Fsp3) is 0.762. The molecule has 4 nitrogen and oxygen atoms in total. The Morgan fingerprint density at radius 3 is 2.88 bits per heavy atom. The zero-order chi connectivity index (χ0) is 18.1. The van der Waals surface area contributed by atoms with E-state index in [9.17, 15) is 4.79 Å². The molecule has 0 aliphatic carbocycles. The maximum absolute atomic E-state index is 10.5. The highest BCUT2D eigenvalue weighted by Gasteiger charge is 2.50. The van der Waals surface area contributed by atoms with Crippen LogP contribution in [0.25, 0.3) is 0 Å². The Morgan fingerprint density at radius 1 is 1.32 bits per heavy atom. The molecule has 0 saturated carbocycles. The molecule has 0 aromatic heterocycles. The van der Waals surface area contributed by atoms with Gasteiger partial charge in [0.2, 0.25) is 0 Å². The fourth-order valence-corrected chi connectivity index (χ4v) is 4.06. The monoisotopic (exact) mass is 348 g/mol. The van der Waals surface area contributed by atoms with Crippen molar-refractivity contribution < 1.29 is 19.4 Å². The Labute approximate surface area is 152 Å². The quantitative estimate of drug-likeness (QED) is 0.365. The molecule has 4 heteroatoms. The van der Waals surface area contributed by atoms with Crippen LogP contribution < -0.4 is 0 Å². The van der Waals surface area contributed by atoms with Crippen LogP contribution in [0.4, 0.5) is 0 Å². The average molecular weight is 348 g/mol. The van der Waals surface area contributed by atoms with Crippen LogP contribution in [0.5, 0.6) is 0 Å². The van der Waals surface area contributed by atoms with Crippen molar-refractivity contribution in [3.8, 4) is 11.8 Å². The molecule has 0 spiro atoms. The van der Waals surface area contributed by atoms with Gasteiger partial charge in [-0.1, -0.05) is 25.0 Å². The Bertz CT molecular complexity index is 502. The van der Waals surface area contributed by atoms with Crippen molar-refractivity contribution in [2.24, 2.45) is 11.8 Å². The molecule has 1 N–H and O–H groups in total. The molecule has 1 unspecified atom stereocenters. The number of rotatable bonds is 10. The number of carboxylic acids is 1. The zero-order valence-corrected chi connectivity index (χ0v) is 15.6. The van der Waals surface area contributed by atoms with Crippen LogP contribution in [0.1, 0.15) is 65.2 Å². The molecular formula is C21H32O4. The molecule has 2 bridgehead atoms. The summed E-state index contributed by atoms with van der Waals surface area (Å²) in [6, 6.07) is 0. The number of hydrogen-bond acceptors (Lipinski definition) is 3. The van der Waals surface area contributed by atoms with Gasteiger partial charge in [0.25, 0.3) is 0 Å². The van der Waals surface area contributed by atoms with Crippen molar-refractivity contribution in [1.29, 1.82) is 0 Å². The number of aliphatic carboxylic acids is 1. The molecule has 0 aromatic rings. The molecule has 5 atom stereocenters. The van der Waals surface area contributed by atoms with Crippen LogP contribution in [0.3, 0.4) is 0 Å². The van der Waals surface area contributed by atoms with Crippen LogP contribution in [0, 0.1) is 23.7 Å². The molecule has 2 aliphatic rings. The van der Waals surface area contributed by atoms with E-state index in [1.54, 1.807) is 0 Å². The second-order valence-corrected chi connectivity index (χ2v) is 7.14. The van der Waals surface area contributed by atoms with Gasteiger partial charge in [0.05, 0.1) is 18.3 Å². The number of carbonyl (C=O) groups is 1. The van der Waals surface area contributed by atoms with E-state index in [1.807, 2.05) is 0 Å². The van der Waals surface area contributed by atoms with Crippen LogP contribution in [0.15, 0.2) is 12.2 Å². The third kappa shape index (κ3) is 6.17. The summed E-state index contributed by atoms with van der Waals surface area (Å²) in [5, 5.41) is 8.66. The molecule has 2 saturated heterocycles. The SMILES string of the molecule is CCCC#CCOC(C)[C@H]1[C@@H](C/C=C\CCCC(=O)O)[C@H]2CC[C@@H]1O2. The number of hydrogen-bond donors (Lipinski definition) is 1. The van der Waals surface area contributed by atoms with Crippen LogP contribution in [0.2, 0.25) is 0 Å². The molecule has 25 heavy (non-hydrogen) atoms. The molecule has 0 amide bonds. The Morgan fingerprint density at radius 2 is 2.12 bits per heavy atom. The van der Waals surface area contributed by atoms with Crippen molar-refractivity contribution in [1.82, 2.24) is 0 Å². The largest absolute Gasteiger partial charge is 0.481 e. The van der Waals surface area contributed by atoms with Crippen LogP contribution >= 0.6 is 0 Å². The minimum Gasteiger partial charge on any atom is -0.481 e. The van der Waals surface area contributed by atoms with E-state index >= 15 is 0 Å². The second-order valence-electron chi connectivity index (χ2n) is 7.14. The Kier molecular flexibility index (Phi) is 8.51. The normalized spacial score (nSPS) is 28.9. The highest BCUT2D eigenvalue weighted by Crippen LogP contribution is 2.47. The summed E-state index contributed by atoms with van der Waals surface area (Å²) in [5.74, 6) is 6.46. The first-order chi connectivity index (χ1) is 12.1. The minimum absolute atomic E-state index is 0.164. The lowest BCUT2D eigenvalue weighted by Gasteiger charge is -2.31. The molecule has 0 radical (unpaired) electrons. The average Bonchev–Trinajstić information content (AvgIpc) is 3.18. The summed E-state index contributed by atoms with van der Waals surface area (Å²) in [5.41, 5.74) is 0. The minimum atomic E-state index is -0.719. The molecular weight excluding hydrogens is 316 g/mol. The van der Waals surface area contributed by atoms with Gasteiger partial charge in [-0.25, -0.2) is 0 Å². The molecule has 0 aromatic carbocycles. The fourth-order valence-electron chi connectivity index (χ4n) is 4.06. The molecule has 2 rings (SSSR count). The standard InChI is InChI=1S/C21H32O4/c1-3-4-5-10-15-24-16(2)21-17(18-13-14-19(21)25-18)11-8-6-7-9-12-20(22)23/h6,8,16-19,21H,3-4,7,9,11-15H2,1-2H3,(H,22,23)/b8-6-/t16?,17-,18+,19-,21-/m0/s1. The topological polar surface area (TPSA) is 55.8 Å². The molecule has 2 fully saturated rings. The Balaban J connectivity index is 1.79. The first kappa shape index (κ1) is 20.0. The van der Waals surface area contributed by atoms with Gasteiger partial charge >= 0.3 is 5.97 Å². The van der Waals surface area contributed by atoms with E-state index in [-0.39, 0.29) is 12.5 Å². The first-order valence-corrected chi connectivity index (χ1v) is 9.73. The van der Waals surface area contributed by atoms with E-state index in [4.69, 9.17) is 14.6 Å². The maximum atomic E-state index is 10.5. The third-order valence-electron chi connectivity index (χ3n) is 5.28. The van der Waals surface area contributed by atoms with Gasteiger partial charge in [-0.2, -0.15) is 0 Å². The highest BCUT2D eigenvalue weighted by atomic mass is 16.5. The predicted octanol–water partition coefficient (Wildman–Crippen LogP) is 4.19. The van der Waals surface area contributed by atoms with Crippen LogP contribution in [-0.2, 0) is 14.3 Å². The van der Waals surface area contributed by atoms with E-state index in [0.29, 0.717) is 37.1 Å². The van der Waals surface area contributed by atoms with E-state index in [0.717, 1.165) is 38.5 Å². The lowest BCUT2D eigenvalue weighted by molar-refractivity contribution is -0.137. The summed E-state index contributed by atoms with van der Waals surface area (Å²) in [4.78, 5) is 10.5. The van der Waals surface area contributed by atoms with Gasteiger partial charge in [0, 0.05) is 18.8 Å². The first-order valence-electron chi connectivity index (χ1n) is 9.73. The van der Waals surface area contributed by atoms with Crippen molar-refractivity contribution >= 4 is 5.97 Å². The zero-order valence-electron chi connectivity index (χ0n) is 15.6. The molecule has 140 valence electrons. The third-order valence-corrected chi connectivity index (χ3v) is 5.28. The highest BCUT2D eigenvalue weighted by molar-refractivity contribution is 5.66. The van der Waals surface area contributed by atoms with Gasteiger partial charge in [-0.05, 0) is 51.4 Å². The van der Waals surface area contributed by atoms with Gasteiger partial charge in [-0.15, -0.1) is 5.92 Å². The lowest BCUT2D eigenvalue weighted by atomic mass is 9.75. The van der Waals surface area contributed by atoms with Gasteiger partial charge in [-0.3, -0.25) is 4.79 Å². The second kappa shape index (κ2) is 10.6. The van der Waals surface area contributed by atoms with Crippen molar-refractivity contribution in [2.75, 3.05) is 6.61 Å². The van der Waals surface area contributed by atoms with Crippen molar-refractivity contribution in [3.05, 3.63) is 12.2 Å². The Hall–Kier alpha value is -1.31. The maximum Gasteiger partial charge on any atom is 0.303 e. The molecule has 2 aliphatic heterocycles. The summed E-state index contributed by atoms with van der Waals surface area (Å²) < 4.78 is 12.1. The lowest BCUT2D eigenvalue weighted by Crippen LogP contribution is -2.36. The van der Waals surface area contributed by atoms with E-state index in [1.165, 1.54) is 0 Å².